The summed E-state index contributed by atoms with van der Waals surface area (Å²) in [7, 11) is 6.02. The molecule has 0 radical (unpaired) electrons. The van der Waals surface area contributed by atoms with Gasteiger partial charge in [0, 0.05) is 38.8 Å². The number of rotatable bonds is 10. The molecule has 0 unspecified atom stereocenters. The molecule has 182 valence electrons. The molecule has 6 nitrogen and oxygen atoms in total. The Kier molecular flexibility index (Phi) is 7.44. The number of hydrogen-bond donors (Lipinski definition) is 0. The first-order valence-electron chi connectivity index (χ1n) is 12.7. The highest BCUT2D eigenvalue weighted by molar-refractivity contribution is 5.87. The lowest BCUT2D eigenvalue weighted by atomic mass is 9.68. The van der Waals surface area contributed by atoms with E-state index in [1.54, 1.807) is 7.11 Å². The van der Waals surface area contributed by atoms with E-state index in [4.69, 9.17) is 4.74 Å². The lowest BCUT2D eigenvalue weighted by Crippen LogP contribution is -2.56. The normalized spacial score (nSPS) is 28.1. The van der Waals surface area contributed by atoms with Crippen LogP contribution >= 0.6 is 0 Å². The topological polar surface area (TPSA) is 53.1 Å². The summed E-state index contributed by atoms with van der Waals surface area (Å²) in [4.78, 5) is 32.5. The zero-order valence-corrected chi connectivity index (χ0v) is 20.7. The highest BCUT2D eigenvalue weighted by Gasteiger charge is 2.55. The highest BCUT2D eigenvalue weighted by Crippen LogP contribution is 2.49. The fourth-order valence-corrected chi connectivity index (χ4v) is 6.22. The summed E-state index contributed by atoms with van der Waals surface area (Å²) in [6.45, 7) is 2.37. The molecule has 2 aliphatic carbocycles. The number of methoxy groups -OCH3 is 1. The molecule has 1 heterocycles. The maximum atomic E-state index is 13.5. The Morgan fingerprint density at radius 2 is 1.82 bits per heavy atom. The van der Waals surface area contributed by atoms with Gasteiger partial charge in [-0.1, -0.05) is 36.8 Å². The molecule has 6 heteroatoms. The van der Waals surface area contributed by atoms with Gasteiger partial charge in [0.1, 0.15) is 0 Å². The Morgan fingerprint density at radius 1 is 1.12 bits per heavy atom. The van der Waals surface area contributed by atoms with Crippen molar-refractivity contribution >= 4 is 11.8 Å². The smallest absolute Gasteiger partial charge is 0.321 e. The van der Waals surface area contributed by atoms with E-state index in [9.17, 15) is 9.59 Å². The molecular formula is C27H41N3O3. The van der Waals surface area contributed by atoms with Crippen LogP contribution in [0.25, 0.3) is 0 Å². The number of Topliss-reactive ketones (excluding diaryl/α,β-unsaturated/α-hetero) is 1. The lowest BCUT2D eigenvalue weighted by molar-refractivity contribution is -0.119. The summed E-state index contributed by atoms with van der Waals surface area (Å²) in [5.74, 6) is 0.765. The van der Waals surface area contributed by atoms with Crippen LogP contribution in [0.5, 0.6) is 0 Å². The first-order chi connectivity index (χ1) is 15.9. The van der Waals surface area contributed by atoms with E-state index >= 15 is 0 Å². The first kappa shape index (κ1) is 24.2. The first-order valence-corrected chi connectivity index (χ1v) is 12.7. The number of urea groups is 1. The van der Waals surface area contributed by atoms with Gasteiger partial charge in [0.05, 0.1) is 12.1 Å². The predicted molar refractivity (Wildman–Crippen MR) is 130 cm³/mol. The summed E-state index contributed by atoms with van der Waals surface area (Å²) < 4.78 is 5.08. The van der Waals surface area contributed by atoms with E-state index < -0.39 is 0 Å². The molecule has 1 aromatic carbocycles. The van der Waals surface area contributed by atoms with E-state index in [-0.39, 0.29) is 29.4 Å². The fourth-order valence-electron chi connectivity index (χ4n) is 6.22. The molecule has 3 aliphatic rings. The van der Waals surface area contributed by atoms with Crippen molar-refractivity contribution in [1.82, 2.24) is 14.7 Å². The molecule has 3 fully saturated rings. The number of ketones is 1. The zero-order valence-electron chi connectivity index (χ0n) is 20.7. The molecule has 2 amide bonds. The average molecular weight is 456 g/mol. The number of hydrogen-bond acceptors (Lipinski definition) is 4. The van der Waals surface area contributed by atoms with Crippen molar-refractivity contribution in [3.8, 4) is 0 Å². The molecule has 1 spiro atoms. The van der Waals surface area contributed by atoms with Crippen LogP contribution in [0.4, 0.5) is 4.79 Å². The standard InChI is InChI=1S/C27H41N3O3/c1-28(2)27(23-11-5-4-6-12-23)16-14-26(15-17-27)21-29(20-24(31)13-8-18-33-3)25(32)30(26)19-22-9-7-10-22/h4-6,11-12,22H,7-10,13-21H2,1-3H3. The molecule has 2 saturated carbocycles. The van der Waals surface area contributed by atoms with Crippen LogP contribution in [0.15, 0.2) is 30.3 Å². The van der Waals surface area contributed by atoms with Crippen LogP contribution in [0.3, 0.4) is 0 Å². The van der Waals surface area contributed by atoms with Gasteiger partial charge in [-0.3, -0.25) is 9.69 Å². The maximum Gasteiger partial charge on any atom is 0.321 e. The number of ether oxygens (including phenoxy) is 1. The largest absolute Gasteiger partial charge is 0.385 e. The highest BCUT2D eigenvalue weighted by atomic mass is 16.5. The molecule has 4 rings (SSSR count). The van der Waals surface area contributed by atoms with Crippen molar-refractivity contribution in [2.75, 3.05) is 47.4 Å². The van der Waals surface area contributed by atoms with Crippen molar-refractivity contribution in [3.05, 3.63) is 35.9 Å². The number of nitrogens with zero attached hydrogens (tertiary/aromatic N) is 3. The van der Waals surface area contributed by atoms with Crippen LogP contribution in [0.2, 0.25) is 0 Å². The molecular weight excluding hydrogens is 414 g/mol. The minimum Gasteiger partial charge on any atom is -0.385 e. The molecule has 0 atom stereocenters. The summed E-state index contributed by atoms with van der Waals surface area (Å²) >= 11 is 0. The minimum absolute atomic E-state index is 0.00108. The van der Waals surface area contributed by atoms with Crippen molar-refractivity contribution in [3.63, 3.8) is 0 Å². The SMILES string of the molecule is COCCCC(=O)CN1CC2(CCC(c3ccccc3)(N(C)C)CC2)N(CC2CCC2)C1=O. The fraction of sp³-hybridized carbons (Fsp3) is 0.704. The Morgan fingerprint density at radius 3 is 2.39 bits per heavy atom. The molecule has 1 aliphatic heterocycles. The Bertz CT molecular complexity index is 813. The Hall–Kier alpha value is -1.92. The zero-order chi connectivity index (χ0) is 23.5. The summed E-state index contributed by atoms with van der Waals surface area (Å²) in [5.41, 5.74) is 1.22. The van der Waals surface area contributed by atoms with Crippen LogP contribution in [0, 0.1) is 5.92 Å². The lowest BCUT2D eigenvalue weighted by Gasteiger charge is -2.51. The monoisotopic (exact) mass is 455 g/mol. The third-order valence-electron chi connectivity index (χ3n) is 8.57. The van der Waals surface area contributed by atoms with E-state index in [0.29, 0.717) is 25.5 Å². The van der Waals surface area contributed by atoms with Gasteiger partial charge in [0.2, 0.25) is 0 Å². The second kappa shape index (κ2) is 10.1. The number of amides is 2. The Labute approximate surface area is 199 Å². The molecule has 1 aromatic rings. The third kappa shape index (κ3) is 4.83. The summed E-state index contributed by atoms with van der Waals surface area (Å²) in [5, 5.41) is 0. The maximum absolute atomic E-state index is 13.5. The molecule has 33 heavy (non-hydrogen) atoms. The number of carbonyl (C=O) groups excluding carboxylic acids is 2. The van der Waals surface area contributed by atoms with E-state index in [1.807, 2.05) is 4.90 Å². The van der Waals surface area contributed by atoms with Gasteiger partial charge in [0.25, 0.3) is 0 Å². The third-order valence-corrected chi connectivity index (χ3v) is 8.57. The second-order valence-corrected chi connectivity index (χ2v) is 10.7. The van der Waals surface area contributed by atoms with E-state index in [0.717, 1.165) is 38.6 Å². The Balaban J connectivity index is 1.51. The van der Waals surface area contributed by atoms with Crippen molar-refractivity contribution in [2.45, 2.75) is 68.9 Å². The van der Waals surface area contributed by atoms with Gasteiger partial charge < -0.3 is 14.5 Å². The number of carbonyl (C=O) groups is 2. The molecule has 1 saturated heterocycles. The van der Waals surface area contributed by atoms with Gasteiger partial charge in [-0.2, -0.15) is 0 Å². The van der Waals surface area contributed by atoms with Gasteiger partial charge in [-0.15, -0.1) is 0 Å². The minimum atomic E-state index is -0.145. The van der Waals surface area contributed by atoms with E-state index in [2.05, 4.69) is 54.2 Å². The summed E-state index contributed by atoms with van der Waals surface area (Å²) in [6, 6.07) is 10.9. The van der Waals surface area contributed by atoms with Crippen molar-refractivity contribution in [2.24, 2.45) is 5.92 Å². The number of benzene rings is 1. The quantitative estimate of drug-likeness (QED) is 0.494. The molecule has 0 bridgehead atoms. The van der Waals surface area contributed by atoms with Crippen molar-refractivity contribution in [1.29, 1.82) is 0 Å². The van der Waals surface area contributed by atoms with Gasteiger partial charge >= 0.3 is 6.03 Å². The van der Waals surface area contributed by atoms with Gasteiger partial charge in [-0.25, -0.2) is 4.79 Å². The second-order valence-electron chi connectivity index (χ2n) is 10.7. The van der Waals surface area contributed by atoms with Gasteiger partial charge in [-0.05, 0) is 70.5 Å². The summed E-state index contributed by atoms with van der Waals surface area (Å²) in [6.07, 6.45) is 8.92. The van der Waals surface area contributed by atoms with Gasteiger partial charge in [0.15, 0.2) is 5.78 Å². The predicted octanol–water partition coefficient (Wildman–Crippen LogP) is 4.29. The van der Waals surface area contributed by atoms with Crippen molar-refractivity contribution < 1.29 is 14.3 Å². The van der Waals surface area contributed by atoms with Crippen LogP contribution < -0.4 is 0 Å². The average Bonchev–Trinajstić information content (AvgIpc) is 3.02. The molecule has 0 aromatic heterocycles. The van der Waals surface area contributed by atoms with E-state index in [1.165, 1.54) is 24.8 Å². The van der Waals surface area contributed by atoms with Crippen LogP contribution in [-0.2, 0) is 15.1 Å². The van der Waals surface area contributed by atoms with Crippen LogP contribution in [-0.4, -0.2) is 79.5 Å². The van der Waals surface area contributed by atoms with Crippen LogP contribution in [0.1, 0.15) is 63.4 Å². The molecule has 0 N–H and O–H groups in total.